The predicted molar refractivity (Wildman–Crippen MR) is 101 cm³/mol. The first-order valence-electron chi connectivity index (χ1n) is 9.72. The van der Waals surface area contributed by atoms with Crippen molar-refractivity contribution in [2.24, 2.45) is 0 Å². The number of likely N-dealkylation sites (tertiary alicyclic amines) is 1. The van der Waals surface area contributed by atoms with Crippen molar-refractivity contribution in [2.75, 3.05) is 39.3 Å². The van der Waals surface area contributed by atoms with Crippen LogP contribution in [-0.4, -0.2) is 72.0 Å². The van der Waals surface area contributed by atoms with Crippen LogP contribution in [0, 0.1) is 0 Å². The first kappa shape index (κ1) is 18.9. The number of carbonyl (C=O) groups excluding carboxylic acids is 2. The molecule has 0 atom stereocenters. The fourth-order valence-corrected chi connectivity index (χ4v) is 3.97. The molecule has 1 aromatic carbocycles. The molecular weight excluding hydrogens is 328 g/mol. The molecule has 0 radical (unpaired) electrons. The summed E-state index contributed by atoms with van der Waals surface area (Å²) in [5.74, 6) is 0.338. The van der Waals surface area contributed by atoms with Gasteiger partial charge in [0.25, 0.3) is 0 Å². The lowest BCUT2D eigenvalue weighted by Crippen LogP contribution is -2.59. The molecule has 0 saturated carbocycles. The zero-order valence-electron chi connectivity index (χ0n) is 15.7. The van der Waals surface area contributed by atoms with Crippen LogP contribution in [0.15, 0.2) is 30.3 Å². The SMILES string of the molecule is CC(=O)N(C1CCN(C(=O)CCc2ccccc2)CC1)N1CCNCC1. The van der Waals surface area contributed by atoms with Gasteiger partial charge in [-0.1, -0.05) is 30.3 Å². The van der Waals surface area contributed by atoms with E-state index in [1.54, 1.807) is 6.92 Å². The molecule has 2 heterocycles. The summed E-state index contributed by atoms with van der Waals surface area (Å²) in [4.78, 5) is 26.7. The lowest BCUT2D eigenvalue weighted by Gasteiger charge is -2.44. The maximum atomic E-state index is 12.5. The molecule has 1 N–H and O–H groups in total. The monoisotopic (exact) mass is 358 g/mol. The van der Waals surface area contributed by atoms with Crippen LogP contribution in [0.3, 0.4) is 0 Å². The molecule has 1 aromatic rings. The summed E-state index contributed by atoms with van der Waals surface area (Å²) in [5, 5.41) is 7.46. The van der Waals surface area contributed by atoms with E-state index in [1.807, 2.05) is 28.1 Å². The lowest BCUT2D eigenvalue weighted by molar-refractivity contribution is -0.158. The molecule has 2 fully saturated rings. The van der Waals surface area contributed by atoms with E-state index in [0.717, 1.165) is 58.5 Å². The number of amides is 2. The Hall–Kier alpha value is -1.92. The molecular formula is C20H30N4O2. The van der Waals surface area contributed by atoms with Crippen LogP contribution < -0.4 is 5.32 Å². The number of hydrazine groups is 1. The Labute approximate surface area is 156 Å². The fraction of sp³-hybridized carbons (Fsp3) is 0.600. The van der Waals surface area contributed by atoms with Gasteiger partial charge in [-0.15, -0.1) is 0 Å². The molecule has 0 unspecified atom stereocenters. The molecule has 2 aliphatic rings. The highest BCUT2D eigenvalue weighted by Crippen LogP contribution is 2.20. The number of rotatable bonds is 5. The number of nitrogens with zero attached hydrogens (tertiary/aromatic N) is 3. The summed E-state index contributed by atoms with van der Waals surface area (Å²) in [7, 11) is 0. The predicted octanol–water partition coefficient (Wildman–Crippen LogP) is 1.28. The summed E-state index contributed by atoms with van der Waals surface area (Å²) in [6.07, 6.45) is 3.07. The quantitative estimate of drug-likeness (QED) is 0.862. The van der Waals surface area contributed by atoms with Crippen molar-refractivity contribution in [3.63, 3.8) is 0 Å². The van der Waals surface area contributed by atoms with Gasteiger partial charge in [0, 0.05) is 52.6 Å². The zero-order chi connectivity index (χ0) is 18.4. The highest BCUT2D eigenvalue weighted by atomic mass is 16.2. The number of nitrogens with one attached hydrogen (secondary N) is 1. The minimum absolute atomic E-state index is 0.112. The molecule has 26 heavy (non-hydrogen) atoms. The van der Waals surface area contributed by atoms with Crippen molar-refractivity contribution in [3.05, 3.63) is 35.9 Å². The largest absolute Gasteiger partial charge is 0.343 e. The Balaban J connectivity index is 1.49. The third kappa shape index (κ3) is 4.83. The van der Waals surface area contributed by atoms with Crippen molar-refractivity contribution >= 4 is 11.8 Å². The van der Waals surface area contributed by atoms with Crippen LogP contribution in [0.1, 0.15) is 31.7 Å². The lowest BCUT2D eigenvalue weighted by atomic mass is 10.0. The highest BCUT2D eigenvalue weighted by Gasteiger charge is 2.32. The van der Waals surface area contributed by atoms with Gasteiger partial charge in [-0.25, -0.2) is 5.01 Å². The molecule has 142 valence electrons. The summed E-state index contributed by atoms with van der Waals surface area (Å²) in [6, 6.07) is 10.4. The fourth-order valence-electron chi connectivity index (χ4n) is 3.97. The Morgan fingerprint density at radius 1 is 1.08 bits per heavy atom. The molecule has 0 bridgehead atoms. The molecule has 2 saturated heterocycles. The third-order valence-corrected chi connectivity index (χ3v) is 5.35. The molecule has 6 nitrogen and oxygen atoms in total. The molecule has 0 spiro atoms. The van der Waals surface area contributed by atoms with E-state index >= 15 is 0 Å². The molecule has 0 aliphatic carbocycles. The number of piperazine rings is 1. The minimum atomic E-state index is 0.112. The van der Waals surface area contributed by atoms with Crippen molar-refractivity contribution in [2.45, 2.75) is 38.6 Å². The number of hydrogen-bond acceptors (Lipinski definition) is 4. The maximum absolute atomic E-state index is 12.5. The standard InChI is InChI=1S/C20H30N4O2/c1-17(25)24(23-15-11-21-12-16-23)19-9-13-22(14-10-19)20(26)8-7-18-5-3-2-4-6-18/h2-6,19,21H,7-16H2,1H3. The Kier molecular flexibility index (Phi) is 6.63. The molecule has 2 amide bonds. The second kappa shape index (κ2) is 9.14. The van der Waals surface area contributed by atoms with Crippen LogP contribution in [-0.2, 0) is 16.0 Å². The summed E-state index contributed by atoms with van der Waals surface area (Å²) < 4.78 is 0. The average molecular weight is 358 g/mol. The van der Waals surface area contributed by atoms with Gasteiger partial charge in [0.15, 0.2) is 0 Å². The van der Waals surface area contributed by atoms with E-state index in [-0.39, 0.29) is 17.9 Å². The Bertz CT molecular complexity index is 593. The normalized spacial score (nSPS) is 19.3. The molecule has 0 aromatic heterocycles. The van der Waals surface area contributed by atoms with Crippen LogP contribution >= 0.6 is 0 Å². The van der Waals surface area contributed by atoms with Gasteiger partial charge in [0.1, 0.15) is 0 Å². The Morgan fingerprint density at radius 3 is 2.35 bits per heavy atom. The van der Waals surface area contributed by atoms with Crippen molar-refractivity contribution in [1.29, 1.82) is 0 Å². The number of aryl methyl sites for hydroxylation is 1. The number of hydrogen-bond donors (Lipinski definition) is 1. The average Bonchev–Trinajstić information content (AvgIpc) is 2.68. The minimum Gasteiger partial charge on any atom is -0.343 e. The van der Waals surface area contributed by atoms with Crippen LogP contribution in [0.4, 0.5) is 0 Å². The summed E-state index contributed by atoms with van der Waals surface area (Å²) in [6.45, 7) is 6.72. The van der Waals surface area contributed by atoms with Crippen molar-refractivity contribution in [1.82, 2.24) is 20.2 Å². The van der Waals surface area contributed by atoms with E-state index in [0.29, 0.717) is 6.42 Å². The van der Waals surface area contributed by atoms with E-state index in [1.165, 1.54) is 5.56 Å². The van der Waals surface area contributed by atoms with E-state index in [2.05, 4.69) is 22.5 Å². The van der Waals surface area contributed by atoms with E-state index in [4.69, 9.17) is 0 Å². The number of benzene rings is 1. The van der Waals surface area contributed by atoms with Gasteiger partial charge in [0.2, 0.25) is 11.8 Å². The Morgan fingerprint density at radius 2 is 1.73 bits per heavy atom. The smallest absolute Gasteiger partial charge is 0.234 e. The topological polar surface area (TPSA) is 55.9 Å². The maximum Gasteiger partial charge on any atom is 0.234 e. The second-order valence-electron chi connectivity index (χ2n) is 7.16. The van der Waals surface area contributed by atoms with Crippen LogP contribution in [0.25, 0.3) is 0 Å². The van der Waals surface area contributed by atoms with Crippen molar-refractivity contribution in [3.8, 4) is 0 Å². The van der Waals surface area contributed by atoms with E-state index in [9.17, 15) is 9.59 Å². The second-order valence-corrected chi connectivity index (χ2v) is 7.16. The molecule has 2 aliphatic heterocycles. The summed E-state index contributed by atoms with van der Waals surface area (Å²) in [5.41, 5.74) is 1.21. The third-order valence-electron chi connectivity index (χ3n) is 5.35. The van der Waals surface area contributed by atoms with Gasteiger partial charge in [-0.3, -0.25) is 14.6 Å². The first-order valence-corrected chi connectivity index (χ1v) is 9.72. The zero-order valence-corrected chi connectivity index (χ0v) is 15.7. The highest BCUT2D eigenvalue weighted by molar-refractivity contribution is 5.76. The number of piperidine rings is 1. The van der Waals surface area contributed by atoms with Crippen LogP contribution in [0.2, 0.25) is 0 Å². The van der Waals surface area contributed by atoms with Gasteiger partial charge in [0.05, 0.1) is 6.04 Å². The van der Waals surface area contributed by atoms with Crippen molar-refractivity contribution < 1.29 is 9.59 Å². The van der Waals surface area contributed by atoms with Gasteiger partial charge in [-0.2, -0.15) is 0 Å². The summed E-state index contributed by atoms with van der Waals surface area (Å²) >= 11 is 0. The van der Waals surface area contributed by atoms with Gasteiger partial charge >= 0.3 is 0 Å². The number of carbonyl (C=O) groups is 2. The van der Waals surface area contributed by atoms with Crippen LogP contribution in [0.5, 0.6) is 0 Å². The molecule has 3 rings (SSSR count). The van der Waals surface area contributed by atoms with Gasteiger partial charge in [-0.05, 0) is 24.8 Å². The van der Waals surface area contributed by atoms with E-state index < -0.39 is 0 Å². The molecule has 6 heteroatoms. The first-order chi connectivity index (χ1) is 12.6. The van der Waals surface area contributed by atoms with Gasteiger partial charge < -0.3 is 10.2 Å².